The molecule has 0 spiro atoms. The van der Waals surface area contributed by atoms with Crippen molar-refractivity contribution in [3.05, 3.63) is 35.9 Å². The first-order chi connectivity index (χ1) is 6.92. The number of hydrogen-bond donors (Lipinski definition) is 2. The minimum atomic E-state index is 0.284. The lowest BCUT2D eigenvalue weighted by molar-refractivity contribution is 0.179. The number of piperidine rings is 1. The van der Waals surface area contributed by atoms with Gasteiger partial charge in [0.1, 0.15) is 0 Å². The van der Waals surface area contributed by atoms with Gasteiger partial charge in [-0.15, -0.1) is 0 Å². The van der Waals surface area contributed by atoms with Crippen molar-refractivity contribution in [2.45, 2.75) is 12.3 Å². The van der Waals surface area contributed by atoms with Crippen LogP contribution in [0.1, 0.15) is 17.9 Å². The van der Waals surface area contributed by atoms with Crippen LogP contribution >= 0.6 is 0 Å². The molecule has 2 N–H and O–H groups in total. The topological polar surface area (TPSA) is 32.3 Å². The molecule has 1 fully saturated rings. The van der Waals surface area contributed by atoms with E-state index in [1.807, 2.05) is 6.07 Å². The zero-order valence-electron chi connectivity index (χ0n) is 8.32. The van der Waals surface area contributed by atoms with Crippen LogP contribution in [0.4, 0.5) is 0 Å². The van der Waals surface area contributed by atoms with Gasteiger partial charge in [-0.3, -0.25) is 0 Å². The zero-order valence-corrected chi connectivity index (χ0v) is 8.32. The Morgan fingerprint density at radius 3 is 2.79 bits per heavy atom. The first-order valence-electron chi connectivity index (χ1n) is 5.28. The summed E-state index contributed by atoms with van der Waals surface area (Å²) < 4.78 is 0. The standard InChI is InChI=1S/C12H17NO/c14-9-11-8-13-7-6-12(11)10-4-2-1-3-5-10/h1-5,11-14H,6-9H2/t11-,12+/m0/s1. The van der Waals surface area contributed by atoms with E-state index in [9.17, 15) is 5.11 Å². The summed E-state index contributed by atoms with van der Waals surface area (Å²) in [5.41, 5.74) is 1.37. The monoisotopic (exact) mass is 191 g/mol. The number of nitrogens with one attached hydrogen (secondary N) is 1. The summed E-state index contributed by atoms with van der Waals surface area (Å²) in [4.78, 5) is 0. The summed E-state index contributed by atoms with van der Waals surface area (Å²) in [6.07, 6.45) is 1.13. The van der Waals surface area contributed by atoms with Crippen LogP contribution in [0.25, 0.3) is 0 Å². The minimum absolute atomic E-state index is 0.284. The third-order valence-electron chi connectivity index (χ3n) is 3.07. The third-order valence-corrected chi connectivity index (χ3v) is 3.07. The van der Waals surface area contributed by atoms with Crippen molar-refractivity contribution < 1.29 is 5.11 Å². The number of aliphatic hydroxyl groups is 1. The maximum Gasteiger partial charge on any atom is 0.0477 e. The Hall–Kier alpha value is -0.860. The summed E-state index contributed by atoms with van der Waals surface area (Å²) in [7, 11) is 0. The second-order valence-electron chi connectivity index (χ2n) is 3.95. The van der Waals surface area contributed by atoms with Crippen LogP contribution < -0.4 is 5.32 Å². The maximum atomic E-state index is 9.28. The SMILES string of the molecule is OC[C@@H]1CNCC[C@@H]1c1ccccc1. The minimum Gasteiger partial charge on any atom is -0.396 e. The van der Waals surface area contributed by atoms with E-state index in [1.165, 1.54) is 5.56 Å². The van der Waals surface area contributed by atoms with Crippen molar-refractivity contribution >= 4 is 0 Å². The highest BCUT2D eigenvalue weighted by Crippen LogP contribution is 2.29. The lowest BCUT2D eigenvalue weighted by Gasteiger charge is -2.31. The molecular weight excluding hydrogens is 174 g/mol. The van der Waals surface area contributed by atoms with Gasteiger partial charge in [0.2, 0.25) is 0 Å². The van der Waals surface area contributed by atoms with Crippen LogP contribution in [-0.4, -0.2) is 24.8 Å². The normalized spacial score (nSPS) is 27.5. The van der Waals surface area contributed by atoms with Crippen molar-refractivity contribution in [1.82, 2.24) is 5.32 Å². The van der Waals surface area contributed by atoms with Gasteiger partial charge in [0.25, 0.3) is 0 Å². The van der Waals surface area contributed by atoms with Gasteiger partial charge in [-0.2, -0.15) is 0 Å². The second-order valence-corrected chi connectivity index (χ2v) is 3.95. The Balaban J connectivity index is 2.15. The molecule has 1 saturated heterocycles. The molecule has 0 amide bonds. The predicted octanol–water partition coefficient (Wildman–Crippen LogP) is 1.37. The van der Waals surface area contributed by atoms with E-state index >= 15 is 0 Å². The zero-order chi connectivity index (χ0) is 9.80. The number of aliphatic hydroxyl groups excluding tert-OH is 1. The molecule has 2 nitrogen and oxygen atoms in total. The van der Waals surface area contributed by atoms with E-state index in [0.29, 0.717) is 11.8 Å². The quantitative estimate of drug-likeness (QED) is 0.740. The molecule has 1 aliphatic rings. The molecule has 76 valence electrons. The molecule has 0 saturated carbocycles. The number of hydrogen-bond acceptors (Lipinski definition) is 2. The highest BCUT2D eigenvalue weighted by molar-refractivity contribution is 5.21. The van der Waals surface area contributed by atoms with Crippen LogP contribution in [0.5, 0.6) is 0 Å². The number of benzene rings is 1. The molecule has 2 atom stereocenters. The van der Waals surface area contributed by atoms with Crippen molar-refractivity contribution in [2.24, 2.45) is 5.92 Å². The highest BCUT2D eigenvalue weighted by atomic mass is 16.3. The first-order valence-corrected chi connectivity index (χ1v) is 5.28. The van der Waals surface area contributed by atoms with Crippen molar-refractivity contribution in [3.63, 3.8) is 0 Å². The van der Waals surface area contributed by atoms with Gasteiger partial charge in [0.05, 0.1) is 0 Å². The molecule has 14 heavy (non-hydrogen) atoms. The molecular formula is C12H17NO. The van der Waals surface area contributed by atoms with Crippen molar-refractivity contribution in [2.75, 3.05) is 19.7 Å². The number of rotatable bonds is 2. The average molecular weight is 191 g/mol. The Kier molecular flexibility index (Phi) is 3.17. The van der Waals surface area contributed by atoms with Crippen molar-refractivity contribution in [1.29, 1.82) is 0 Å². The van der Waals surface area contributed by atoms with Gasteiger partial charge in [-0.05, 0) is 24.4 Å². The van der Waals surface area contributed by atoms with E-state index in [0.717, 1.165) is 19.5 Å². The predicted molar refractivity (Wildman–Crippen MR) is 57.2 cm³/mol. The summed E-state index contributed by atoms with van der Waals surface area (Å²) in [6, 6.07) is 10.5. The molecule has 1 heterocycles. The molecule has 0 aromatic heterocycles. The molecule has 1 aromatic carbocycles. The Morgan fingerprint density at radius 2 is 2.07 bits per heavy atom. The van der Waals surface area contributed by atoms with E-state index in [1.54, 1.807) is 0 Å². The van der Waals surface area contributed by atoms with E-state index in [-0.39, 0.29) is 6.61 Å². The summed E-state index contributed by atoms with van der Waals surface area (Å²) in [5, 5.41) is 12.6. The molecule has 0 unspecified atom stereocenters. The van der Waals surface area contributed by atoms with Gasteiger partial charge >= 0.3 is 0 Å². The molecule has 1 aromatic rings. The van der Waals surface area contributed by atoms with Crippen LogP contribution in [0.2, 0.25) is 0 Å². The van der Waals surface area contributed by atoms with Gasteiger partial charge in [-0.25, -0.2) is 0 Å². The Labute approximate surface area is 85.0 Å². The van der Waals surface area contributed by atoms with Crippen LogP contribution in [0, 0.1) is 5.92 Å². The largest absolute Gasteiger partial charge is 0.396 e. The molecule has 2 rings (SSSR count). The molecule has 0 bridgehead atoms. The second kappa shape index (κ2) is 4.58. The fourth-order valence-electron chi connectivity index (χ4n) is 2.25. The third kappa shape index (κ3) is 1.97. The molecule has 0 radical (unpaired) electrons. The smallest absolute Gasteiger partial charge is 0.0477 e. The fourth-order valence-corrected chi connectivity index (χ4v) is 2.25. The molecule has 1 aliphatic heterocycles. The lowest BCUT2D eigenvalue weighted by atomic mass is 9.82. The van der Waals surface area contributed by atoms with Gasteiger partial charge in [-0.1, -0.05) is 30.3 Å². The van der Waals surface area contributed by atoms with Gasteiger partial charge < -0.3 is 10.4 Å². The van der Waals surface area contributed by atoms with Gasteiger partial charge in [0, 0.05) is 19.1 Å². The summed E-state index contributed by atoms with van der Waals surface area (Å²) in [5.74, 6) is 0.911. The van der Waals surface area contributed by atoms with Crippen LogP contribution in [0.15, 0.2) is 30.3 Å². The fraction of sp³-hybridized carbons (Fsp3) is 0.500. The van der Waals surface area contributed by atoms with E-state index < -0.39 is 0 Å². The average Bonchev–Trinajstić information content (AvgIpc) is 2.30. The lowest BCUT2D eigenvalue weighted by Crippen LogP contribution is -2.37. The molecule has 2 heteroatoms. The van der Waals surface area contributed by atoms with E-state index in [2.05, 4.69) is 29.6 Å². The summed E-state index contributed by atoms with van der Waals surface area (Å²) in [6.45, 7) is 2.29. The first kappa shape index (κ1) is 9.69. The van der Waals surface area contributed by atoms with Crippen molar-refractivity contribution in [3.8, 4) is 0 Å². The Bertz CT molecular complexity index is 273. The van der Waals surface area contributed by atoms with Crippen LogP contribution in [0.3, 0.4) is 0 Å². The van der Waals surface area contributed by atoms with Crippen LogP contribution in [-0.2, 0) is 0 Å². The summed E-state index contributed by atoms with van der Waals surface area (Å²) >= 11 is 0. The van der Waals surface area contributed by atoms with Gasteiger partial charge in [0.15, 0.2) is 0 Å². The van der Waals surface area contributed by atoms with E-state index in [4.69, 9.17) is 0 Å². The maximum absolute atomic E-state index is 9.28. The molecule has 0 aliphatic carbocycles. The highest BCUT2D eigenvalue weighted by Gasteiger charge is 2.25. The Morgan fingerprint density at radius 1 is 1.29 bits per heavy atom.